The zero-order chi connectivity index (χ0) is 11.4. The third-order valence-electron chi connectivity index (χ3n) is 2.14. The van der Waals surface area contributed by atoms with E-state index in [1.54, 1.807) is 27.7 Å². The van der Waals surface area contributed by atoms with Crippen LogP contribution in [0.5, 0.6) is 0 Å². The Morgan fingerprint density at radius 1 is 1.21 bits per heavy atom. The second-order valence-corrected chi connectivity index (χ2v) is 6.08. The fourth-order valence-electron chi connectivity index (χ4n) is 0.893. The molecule has 0 rings (SSSR count). The van der Waals surface area contributed by atoms with Crippen LogP contribution in [-0.4, -0.2) is 24.2 Å². The first-order valence-corrected chi connectivity index (χ1v) is 6.26. The highest BCUT2D eigenvalue weighted by molar-refractivity contribution is 7.56. The standard InChI is InChI=1S/C9H19O4P/c1-6-12-14(11,13-7-2)9(4,5)8(3)10/h6-7H2,1-5H3. The van der Waals surface area contributed by atoms with Crippen LogP contribution >= 0.6 is 7.60 Å². The molecule has 0 aromatic rings. The summed E-state index contributed by atoms with van der Waals surface area (Å²) in [6, 6.07) is 0. The van der Waals surface area contributed by atoms with Gasteiger partial charge in [-0.2, -0.15) is 0 Å². The average molecular weight is 222 g/mol. The summed E-state index contributed by atoms with van der Waals surface area (Å²) in [6.45, 7) is 8.55. The van der Waals surface area contributed by atoms with E-state index in [1.807, 2.05) is 0 Å². The van der Waals surface area contributed by atoms with Crippen LogP contribution in [0.1, 0.15) is 34.6 Å². The van der Waals surface area contributed by atoms with Crippen LogP contribution in [0.15, 0.2) is 0 Å². The van der Waals surface area contributed by atoms with Crippen LogP contribution in [0.2, 0.25) is 0 Å². The summed E-state index contributed by atoms with van der Waals surface area (Å²) in [5, 5.41) is -1.07. The van der Waals surface area contributed by atoms with Crippen molar-refractivity contribution in [3.05, 3.63) is 0 Å². The topological polar surface area (TPSA) is 52.6 Å². The molecule has 0 aliphatic rings. The lowest BCUT2D eigenvalue weighted by atomic mass is 10.1. The number of rotatable bonds is 6. The third kappa shape index (κ3) is 2.66. The van der Waals surface area contributed by atoms with Gasteiger partial charge in [-0.25, -0.2) is 0 Å². The van der Waals surface area contributed by atoms with Crippen LogP contribution in [0.25, 0.3) is 0 Å². The van der Waals surface area contributed by atoms with Crippen molar-refractivity contribution in [1.29, 1.82) is 0 Å². The quantitative estimate of drug-likeness (QED) is 0.648. The Labute approximate surface area is 85.5 Å². The first-order valence-electron chi connectivity index (χ1n) is 4.72. The van der Waals surface area contributed by atoms with Crippen LogP contribution in [0.4, 0.5) is 0 Å². The molecule has 0 aliphatic heterocycles. The summed E-state index contributed by atoms with van der Waals surface area (Å²) in [4.78, 5) is 11.3. The fraction of sp³-hybridized carbons (Fsp3) is 0.889. The molecule has 0 bridgehead atoms. The van der Waals surface area contributed by atoms with Crippen molar-refractivity contribution in [3.63, 3.8) is 0 Å². The molecule has 5 heteroatoms. The summed E-state index contributed by atoms with van der Waals surface area (Å²) in [5.74, 6) is -0.192. The SMILES string of the molecule is CCOP(=O)(OCC)C(C)(C)C(C)=O. The Balaban J connectivity index is 4.99. The zero-order valence-corrected chi connectivity index (χ0v) is 10.4. The second-order valence-electron chi connectivity index (χ2n) is 3.45. The van der Waals surface area contributed by atoms with Gasteiger partial charge >= 0.3 is 7.60 Å². The van der Waals surface area contributed by atoms with Crippen molar-refractivity contribution in [2.24, 2.45) is 0 Å². The lowest BCUT2D eigenvalue weighted by molar-refractivity contribution is -0.119. The molecule has 0 amide bonds. The normalized spacial score (nSPS) is 12.9. The van der Waals surface area contributed by atoms with Gasteiger partial charge in [0, 0.05) is 0 Å². The highest BCUT2D eigenvalue weighted by Gasteiger charge is 2.46. The maximum Gasteiger partial charge on any atom is 0.343 e. The van der Waals surface area contributed by atoms with Gasteiger partial charge in [0.15, 0.2) is 0 Å². The molecule has 0 spiro atoms. The monoisotopic (exact) mass is 222 g/mol. The minimum atomic E-state index is -3.33. The maximum absolute atomic E-state index is 12.2. The van der Waals surface area contributed by atoms with E-state index in [2.05, 4.69) is 0 Å². The molecule has 0 radical (unpaired) electrons. The number of ketones is 1. The van der Waals surface area contributed by atoms with Gasteiger partial charge in [0.2, 0.25) is 0 Å². The molecule has 4 nitrogen and oxygen atoms in total. The number of Topliss-reactive ketones (excluding diaryl/α,β-unsaturated/α-hetero) is 1. The highest BCUT2D eigenvalue weighted by atomic mass is 31.2. The van der Waals surface area contributed by atoms with Crippen LogP contribution < -0.4 is 0 Å². The molecule has 84 valence electrons. The van der Waals surface area contributed by atoms with Crippen LogP contribution in [0.3, 0.4) is 0 Å². The van der Waals surface area contributed by atoms with Gasteiger partial charge in [0.1, 0.15) is 10.9 Å². The van der Waals surface area contributed by atoms with E-state index in [-0.39, 0.29) is 19.0 Å². The van der Waals surface area contributed by atoms with Crippen LogP contribution in [0, 0.1) is 0 Å². The van der Waals surface area contributed by atoms with Gasteiger partial charge in [-0.1, -0.05) is 0 Å². The minimum Gasteiger partial charge on any atom is -0.308 e. The van der Waals surface area contributed by atoms with Gasteiger partial charge in [0.25, 0.3) is 0 Å². The van der Waals surface area contributed by atoms with Gasteiger partial charge in [-0.3, -0.25) is 9.36 Å². The number of hydrogen-bond acceptors (Lipinski definition) is 4. The largest absolute Gasteiger partial charge is 0.343 e. The van der Waals surface area contributed by atoms with Crippen molar-refractivity contribution < 1.29 is 18.4 Å². The molecular formula is C9H19O4P. The predicted octanol–water partition coefficient (Wildman–Crippen LogP) is 2.62. The van der Waals surface area contributed by atoms with E-state index in [0.29, 0.717) is 0 Å². The molecule has 0 unspecified atom stereocenters. The fourth-order valence-corrected chi connectivity index (χ4v) is 2.68. The molecule has 0 aromatic carbocycles. The van der Waals surface area contributed by atoms with Crippen LogP contribution in [-0.2, 0) is 18.4 Å². The first-order chi connectivity index (χ1) is 6.31. The summed E-state index contributed by atoms with van der Waals surface area (Å²) in [5.41, 5.74) is 0. The summed E-state index contributed by atoms with van der Waals surface area (Å²) >= 11 is 0. The molecule has 0 aliphatic carbocycles. The Hall–Kier alpha value is -0.180. The van der Waals surface area contributed by atoms with E-state index >= 15 is 0 Å². The number of carbonyl (C=O) groups is 1. The number of carbonyl (C=O) groups excluding carboxylic acids is 1. The van der Waals surface area contributed by atoms with E-state index in [1.165, 1.54) is 6.92 Å². The Morgan fingerprint density at radius 2 is 1.57 bits per heavy atom. The summed E-state index contributed by atoms with van der Waals surface area (Å²) in [6.07, 6.45) is 0. The third-order valence-corrected chi connectivity index (χ3v) is 5.02. The van der Waals surface area contributed by atoms with Crippen molar-refractivity contribution >= 4 is 13.4 Å². The second kappa shape index (κ2) is 5.06. The van der Waals surface area contributed by atoms with Gasteiger partial charge < -0.3 is 9.05 Å². The minimum absolute atomic E-state index is 0.192. The Morgan fingerprint density at radius 3 is 1.79 bits per heavy atom. The zero-order valence-electron chi connectivity index (χ0n) is 9.49. The van der Waals surface area contributed by atoms with E-state index < -0.39 is 12.8 Å². The lowest BCUT2D eigenvalue weighted by Crippen LogP contribution is -2.31. The van der Waals surface area contributed by atoms with Crippen molar-refractivity contribution in [3.8, 4) is 0 Å². The smallest absolute Gasteiger partial charge is 0.308 e. The van der Waals surface area contributed by atoms with E-state index in [0.717, 1.165) is 0 Å². The summed E-state index contributed by atoms with van der Waals surface area (Å²) < 4.78 is 22.4. The molecule has 0 aromatic heterocycles. The van der Waals surface area contributed by atoms with Crippen molar-refractivity contribution in [2.45, 2.75) is 39.8 Å². The van der Waals surface area contributed by atoms with Gasteiger partial charge in [-0.05, 0) is 34.6 Å². The van der Waals surface area contributed by atoms with E-state index in [9.17, 15) is 9.36 Å². The van der Waals surface area contributed by atoms with Crippen molar-refractivity contribution in [2.75, 3.05) is 13.2 Å². The van der Waals surface area contributed by atoms with E-state index in [4.69, 9.17) is 9.05 Å². The highest BCUT2D eigenvalue weighted by Crippen LogP contribution is 2.59. The lowest BCUT2D eigenvalue weighted by Gasteiger charge is -2.30. The molecule has 0 fully saturated rings. The molecule has 14 heavy (non-hydrogen) atoms. The number of hydrogen-bond donors (Lipinski definition) is 0. The average Bonchev–Trinajstić information content (AvgIpc) is 2.04. The molecular weight excluding hydrogens is 203 g/mol. The van der Waals surface area contributed by atoms with Crippen molar-refractivity contribution in [1.82, 2.24) is 0 Å². The molecule has 0 heterocycles. The van der Waals surface area contributed by atoms with Gasteiger partial charge in [-0.15, -0.1) is 0 Å². The summed E-state index contributed by atoms with van der Waals surface area (Å²) in [7, 11) is -3.33. The van der Waals surface area contributed by atoms with Gasteiger partial charge in [0.05, 0.1) is 13.2 Å². The molecule has 0 N–H and O–H groups in total. The maximum atomic E-state index is 12.2. The Kier molecular flexibility index (Phi) is 4.99. The molecule has 0 saturated carbocycles. The molecule has 0 saturated heterocycles. The Bertz CT molecular complexity index is 237. The predicted molar refractivity (Wildman–Crippen MR) is 55.6 cm³/mol. The molecule has 0 atom stereocenters. The first kappa shape index (κ1) is 13.8.